The zero-order chi connectivity index (χ0) is 12.8. The van der Waals surface area contributed by atoms with E-state index in [4.69, 9.17) is 5.11 Å². The first-order valence-electron chi connectivity index (χ1n) is 7.58. The van der Waals surface area contributed by atoms with Gasteiger partial charge in [0.25, 0.3) is 0 Å². The maximum absolute atomic E-state index is 10.4. The van der Waals surface area contributed by atoms with Crippen molar-refractivity contribution in [1.82, 2.24) is 9.80 Å². The highest BCUT2D eigenvalue weighted by atomic mass is 16.3. The molecule has 0 bridgehead atoms. The number of aliphatic hydroxyl groups excluding tert-OH is 2. The third-order valence-corrected chi connectivity index (χ3v) is 4.39. The maximum atomic E-state index is 10.4. The van der Waals surface area contributed by atoms with E-state index in [9.17, 15) is 5.11 Å². The zero-order valence-electron chi connectivity index (χ0n) is 11.4. The number of piperidine rings is 2. The fourth-order valence-electron chi connectivity index (χ4n) is 3.35. The minimum absolute atomic E-state index is 0.234. The second-order valence-electron chi connectivity index (χ2n) is 5.74. The first-order valence-corrected chi connectivity index (χ1v) is 7.58. The number of nitrogens with zero attached hydrogens (tertiary/aromatic N) is 2. The van der Waals surface area contributed by atoms with Crippen molar-refractivity contribution in [3.05, 3.63) is 0 Å². The summed E-state index contributed by atoms with van der Waals surface area (Å²) in [6, 6.07) is 0.378. The van der Waals surface area contributed by atoms with Crippen molar-refractivity contribution in [3.8, 4) is 0 Å². The second-order valence-corrected chi connectivity index (χ2v) is 5.74. The zero-order valence-corrected chi connectivity index (χ0v) is 11.4. The summed E-state index contributed by atoms with van der Waals surface area (Å²) in [7, 11) is 0. The number of hydrogen-bond acceptors (Lipinski definition) is 4. The van der Waals surface area contributed by atoms with Crippen LogP contribution in [0.1, 0.15) is 44.9 Å². The van der Waals surface area contributed by atoms with Crippen LogP contribution in [-0.2, 0) is 0 Å². The summed E-state index contributed by atoms with van der Waals surface area (Å²) < 4.78 is 0. The van der Waals surface area contributed by atoms with Crippen LogP contribution < -0.4 is 0 Å². The van der Waals surface area contributed by atoms with E-state index in [2.05, 4.69) is 9.80 Å². The predicted molar refractivity (Wildman–Crippen MR) is 72.3 cm³/mol. The summed E-state index contributed by atoms with van der Waals surface area (Å²) in [4.78, 5) is 4.60. The van der Waals surface area contributed by atoms with Crippen LogP contribution in [-0.4, -0.2) is 65.1 Å². The van der Waals surface area contributed by atoms with E-state index in [1.165, 1.54) is 32.1 Å². The molecule has 0 saturated carbocycles. The summed E-state index contributed by atoms with van der Waals surface area (Å²) in [5.41, 5.74) is 0. The Morgan fingerprint density at radius 3 is 2.44 bits per heavy atom. The van der Waals surface area contributed by atoms with Gasteiger partial charge in [-0.25, -0.2) is 0 Å². The molecule has 4 nitrogen and oxygen atoms in total. The molecule has 0 aliphatic carbocycles. The van der Waals surface area contributed by atoms with E-state index in [-0.39, 0.29) is 12.8 Å². The first kappa shape index (κ1) is 14.3. The molecule has 2 heterocycles. The molecule has 106 valence electrons. The summed E-state index contributed by atoms with van der Waals surface area (Å²) in [5, 5.41) is 19.5. The highest BCUT2D eigenvalue weighted by molar-refractivity contribution is 4.80. The second kappa shape index (κ2) is 7.43. The summed E-state index contributed by atoms with van der Waals surface area (Å²) in [6.07, 6.45) is 7.87. The normalized spacial score (nSPS) is 29.3. The Kier molecular flexibility index (Phi) is 5.89. The van der Waals surface area contributed by atoms with Gasteiger partial charge in [0, 0.05) is 25.7 Å². The van der Waals surface area contributed by atoms with Crippen molar-refractivity contribution in [2.24, 2.45) is 0 Å². The molecule has 0 amide bonds. The molecular weight excluding hydrogens is 228 g/mol. The molecule has 2 N–H and O–H groups in total. The minimum Gasteiger partial charge on any atom is -0.396 e. The standard InChI is InChI=1S/C14H28N2O2/c17-11-7-13-6-2-5-10-16(13)14(18)12-15-8-3-1-4-9-15/h13-14,17-18H,1-12H2. The van der Waals surface area contributed by atoms with Gasteiger partial charge in [-0.2, -0.15) is 0 Å². The van der Waals surface area contributed by atoms with Crippen molar-refractivity contribution in [2.45, 2.75) is 57.2 Å². The van der Waals surface area contributed by atoms with Crippen LogP contribution in [0.4, 0.5) is 0 Å². The van der Waals surface area contributed by atoms with Gasteiger partial charge in [0.15, 0.2) is 0 Å². The third kappa shape index (κ3) is 3.92. The number of likely N-dealkylation sites (tertiary alicyclic amines) is 2. The van der Waals surface area contributed by atoms with E-state index in [1.807, 2.05) is 0 Å². The lowest BCUT2D eigenvalue weighted by Gasteiger charge is -2.41. The lowest BCUT2D eigenvalue weighted by molar-refractivity contribution is -0.0643. The minimum atomic E-state index is -0.347. The van der Waals surface area contributed by atoms with Crippen molar-refractivity contribution >= 4 is 0 Å². The number of hydrogen-bond donors (Lipinski definition) is 2. The lowest BCUT2D eigenvalue weighted by Crippen LogP contribution is -2.51. The lowest BCUT2D eigenvalue weighted by atomic mass is 9.99. The summed E-state index contributed by atoms with van der Waals surface area (Å²) in [5.74, 6) is 0. The van der Waals surface area contributed by atoms with Crippen LogP contribution in [0.5, 0.6) is 0 Å². The fraction of sp³-hybridized carbons (Fsp3) is 1.00. The van der Waals surface area contributed by atoms with E-state index >= 15 is 0 Å². The topological polar surface area (TPSA) is 46.9 Å². The van der Waals surface area contributed by atoms with E-state index < -0.39 is 0 Å². The molecule has 0 aromatic carbocycles. The molecule has 2 rings (SSSR count). The van der Waals surface area contributed by atoms with Crippen molar-refractivity contribution in [1.29, 1.82) is 0 Å². The van der Waals surface area contributed by atoms with Gasteiger partial charge in [0.2, 0.25) is 0 Å². The highest BCUT2D eigenvalue weighted by Gasteiger charge is 2.28. The fourth-order valence-corrected chi connectivity index (χ4v) is 3.35. The van der Waals surface area contributed by atoms with Crippen LogP contribution in [0.15, 0.2) is 0 Å². The molecule has 2 atom stereocenters. The summed E-state index contributed by atoms with van der Waals surface area (Å²) >= 11 is 0. The average molecular weight is 256 g/mol. The van der Waals surface area contributed by atoms with Gasteiger partial charge in [-0.1, -0.05) is 12.8 Å². The SMILES string of the molecule is OCCC1CCCCN1C(O)CN1CCCCC1. The maximum Gasteiger partial charge on any atom is 0.120 e. The number of rotatable bonds is 5. The largest absolute Gasteiger partial charge is 0.396 e. The quantitative estimate of drug-likeness (QED) is 0.771. The van der Waals surface area contributed by atoms with Gasteiger partial charge in [0.05, 0.1) is 0 Å². The summed E-state index contributed by atoms with van der Waals surface area (Å²) in [6.45, 7) is 4.27. The molecule has 2 aliphatic heterocycles. The Labute approximate surface area is 111 Å². The Hall–Kier alpha value is -0.160. The van der Waals surface area contributed by atoms with E-state index in [0.717, 1.165) is 39.0 Å². The monoisotopic (exact) mass is 256 g/mol. The molecule has 0 aromatic heterocycles. The molecule has 2 fully saturated rings. The van der Waals surface area contributed by atoms with Gasteiger partial charge >= 0.3 is 0 Å². The molecular formula is C14H28N2O2. The molecule has 2 saturated heterocycles. The average Bonchev–Trinajstić information content (AvgIpc) is 2.41. The molecule has 2 aliphatic rings. The van der Waals surface area contributed by atoms with Gasteiger partial charge in [-0.15, -0.1) is 0 Å². The molecule has 0 spiro atoms. The predicted octanol–water partition coefficient (Wildman–Crippen LogP) is 1.03. The van der Waals surface area contributed by atoms with Crippen LogP contribution in [0.25, 0.3) is 0 Å². The van der Waals surface area contributed by atoms with Crippen LogP contribution in [0.3, 0.4) is 0 Å². The van der Waals surface area contributed by atoms with E-state index in [0.29, 0.717) is 6.04 Å². The van der Waals surface area contributed by atoms with Gasteiger partial charge in [-0.3, -0.25) is 9.80 Å². The van der Waals surface area contributed by atoms with E-state index in [1.54, 1.807) is 0 Å². The van der Waals surface area contributed by atoms with Gasteiger partial charge in [0.1, 0.15) is 6.23 Å². The van der Waals surface area contributed by atoms with Gasteiger partial charge in [-0.05, 0) is 45.2 Å². The van der Waals surface area contributed by atoms with Crippen LogP contribution >= 0.6 is 0 Å². The van der Waals surface area contributed by atoms with Crippen LogP contribution in [0.2, 0.25) is 0 Å². The Balaban J connectivity index is 1.82. The Bertz CT molecular complexity index is 230. The number of β-amino-alcohol motifs (C(OH)–C–C–N with tert-alkyl or cyclic N) is 1. The Morgan fingerprint density at radius 2 is 1.72 bits per heavy atom. The molecule has 2 unspecified atom stereocenters. The van der Waals surface area contributed by atoms with Gasteiger partial charge < -0.3 is 10.2 Å². The van der Waals surface area contributed by atoms with Crippen molar-refractivity contribution < 1.29 is 10.2 Å². The molecule has 4 heteroatoms. The smallest absolute Gasteiger partial charge is 0.120 e. The van der Waals surface area contributed by atoms with Crippen molar-refractivity contribution in [2.75, 3.05) is 32.8 Å². The van der Waals surface area contributed by atoms with Crippen LogP contribution in [0, 0.1) is 0 Å². The van der Waals surface area contributed by atoms with Crippen molar-refractivity contribution in [3.63, 3.8) is 0 Å². The molecule has 18 heavy (non-hydrogen) atoms. The molecule has 0 radical (unpaired) electrons. The third-order valence-electron chi connectivity index (χ3n) is 4.39. The number of aliphatic hydroxyl groups is 2. The first-order chi connectivity index (χ1) is 8.81. The molecule has 0 aromatic rings. The Morgan fingerprint density at radius 1 is 1.00 bits per heavy atom. The highest BCUT2D eigenvalue weighted by Crippen LogP contribution is 2.22.